The van der Waals surface area contributed by atoms with Crippen LogP contribution in [0.2, 0.25) is 0 Å². The number of ether oxygens (including phenoxy) is 1. The van der Waals surface area contributed by atoms with E-state index >= 15 is 0 Å². The topological polar surface area (TPSA) is 83.8 Å². The highest BCUT2D eigenvalue weighted by Crippen LogP contribution is 2.26. The van der Waals surface area contributed by atoms with Gasteiger partial charge >= 0.3 is 11.9 Å². The third-order valence-corrected chi connectivity index (χ3v) is 2.23. The molecule has 0 spiro atoms. The smallest absolute Gasteiger partial charge is 0.340 e. The number of benzene rings is 1. The number of phenolic OH excluding ortho intramolecular Hbond substituents is 2. The summed E-state index contributed by atoms with van der Waals surface area (Å²) in [6, 6.07) is 4.86. The van der Waals surface area contributed by atoms with E-state index in [1.165, 1.54) is 13.0 Å². The summed E-state index contributed by atoms with van der Waals surface area (Å²) in [7, 11) is 0. The zero-order valence-corrected chi connectivity index (χ0v) is 12.0. The van der Waals surface area contributed by atoms with Gasteiger partial charge in [0.15, 0.2) is 11.5 Å². The van der Waals surface area contributed by atoms with Gasteiger partial charge in [-0.3, -0.25) is 4.79 Å². The SMILES string of the molecule is C=C(C)C(=O)OC(=O)CCC.Cc1cccc(O)c1O. The van der Waals surface area contributed by atoms with Gasteiger partial charge in [0.1, 0.15) is 0 Å². The maximum absolute atomic E-state index is 10.7. The molecule has 0 fully saturated rings. The third-order valence-electron chi connectivity index (χ3n) is 2.23. The molecule has 0 amide bonds. The number of rotatable bonds is 3. The molecular weight excluding hydrogens is 260 g/mol. The molecule has 1 aromatic carbocycles. The Hall–Kier alpha value is -2.30. The van der Waals surface area contributed by atoms with E-state index < -0.39 is 11.9 Å². The second-order valence-electron chi connectivity index (χ2n) is 4.23. The molecule has 0 bridgehead atoms. The van der Waals surface area contributed by atoms with Crippen molar-refractivity contribution in [1.29, 1.82) is 0 Å². The van der Waals surface area contributed by atoms with E-state index in [-0.39, 0.29) is 23.5 Å². The first kappa shape index (κ1) is 17.7. The van der Waals surface area contributed by atoms with Gasteiger partial charge in [-0.05, 0) is 31.9 Å². The van der Waals surface area contributed by atoms with Crippen LogP contribution in [0, 0.1) is 6.92 Å². The molecule has 0 unspecified atom stereocenters. The third kappa shape index (κ3) is 6.58. The Labute approximate surface area is 118 Å². The maximum atomic E-state index is 10.7. The summed E-state index contributed by atoms with van der Waals surface area (Å²) in [6.45, 7) is 8.41. The molecule has 0 heterocycles. The Morgan fingerprint density at radius 1 is 1.30 bits per heavy atom. The Kier molecular flexibility index (Phi) is 7.74. The first-order chi connectivity index (χ1) is 9.29. The number of esters is 2. The lowest BCUT2D eigenvalue weighted by Crippen LogP contribution is -2.11. The van der Waals surface area contributed by atoms with E-state index in [9.17, 15) is 9.59 Å². The lowest BCUT2D eigenvalue weighted by Gasteiger charge is -1.99. The number of aryl methyl sites for hydroxylation is 1. The van der Waals surface area contributed by atoms with Crippen LogP contribution in [-0.2, 0) is 14.3 Å². The zero-order chi connectivity index (χ0) is 15.7. The molecule has 0 radical (unpaired) electrons. The van der Waals surface area contributed by atoms with Gasteiger partial charge in [0.05, 0.1) is 0 Å². The second kappa shape index (κ2) is 8.74. The van der Waals surface area contributed by atoms with E-state index in [4.69, 9.17) is 10.2 Å². The van der Waals surface area contributed by atoms with Crippen molar-refractivity contribution in [2.45, 2.75) is 33.6 Å². The van der Waals surface area contributed by atoms with Gasteiger partial charge in [-0.15, -0.1) is 0 Å². The number of para-hydroxylation sites is 1. The lowest BCUT2D eigenvalue weighted by atomic mass is 10.2. The van der Waals surface area contributed by atoms with Crippen LogP contribution < -0.4 is 0 Å². The Morgan fingerprint density at radius 3 is 2.30 bits per heavy atom. The Morgan fingerprint density at radius 2 is 1.90 bits per heavy atom. The van der Waals surface area contributed by atoms with Crippen molar-refractivity contribution in [3.8, 4) is 11.5 Å². The monoisotopic (exact) mass is 280 g/mol. The molecule has 0 saturated carbocycles. The highest BCUT2D eigenvalue weighted by Gasteiger charge is 2.08. The Balaban J connectivity index is 0.000000367. The minimum atomic E-state index is -0.636. The van der Waals surface area contributed by atoms with Crippen molar-refractivity contribution in [3.63, 3.8) is 0 Å². The summed E-state index contributed by atoms with van der Waals surface area (Å²) in [5.41, 5.74) is 0.935. The minimum Gasteiger partial charge on any atom is -0.504 e. The molecule has 110 valence electrons. The van der Waals surface area contributed by atoms with Crippen molar-refractivity contribution < 1.29 is 24.5 Å². The molecule has 0 aliphatic carbocycles. The zero-order valence-electron chi connectivity index (χ0n) is 12.0. The molecule has 20 heavy (non-hydrogen) atoms. The van der Waals surface area contributed by atoms with Crippen LogP contribution in [0.4, 0.5) is 0 Å². The fourth-order valence-electron chi connectivity index (χ4n) is 1.09. The molecule has 5 nitrogen and oxygen atoms in total. The van der Waals surface area contributed by atoms with Gasteiger partial charge in [-0.2, -0.15) is 0 Å². The molecule has 5 heteroatoms. The standard InChI is InChI=1S/C8H12O3.C7H8O2/c1-4-5-7(9)11-8(10)6(2)3;1-5-3-2-4-6(8)7(5)9/h2,4-5H2,1,3H3;2-4,8-9H,1H3. The van der Waals surface area contributed by atoms with Gasteiger partial charge in [0.2, 0.25) is 0 Å². The summed E-state index contributed by atoms with van der Waals surface area (Å²) in [5.74, 6) is -1.21. The van der Waals surface area contributed by atoms with Gasteiger partial charge in [-0.1, -0.05) is 25.6 Å². The quantitative estimate of drug-likeness (QED) is 0.385. The molecule has 1 aromatic rings. The largest absolute Gasteiger partial charge is 0.504 e. The van der Waals surface area contributed by atoms with Crippen LogP contribution in [0.3, 0.4) is 0 Å². The fraction of sp³-hybridized carbons (Fsp3) is 0.333. The Bertz CT molecular complexity index is 471. The number of hydrogen-bond acceptors (Lipinski definition) is 5. The number of phenols is 2. The lowest BCUT2D eigenvalue weighted by molar-refractivity contribution is -0.156. The van der Waals surface area contributed by atoms with Crippen LogP contribution >= 0.6 is 0 Å². The fourth-order valence-corrected chi connectivity index (χ4v) is 1.09. The van der Waals surface area contributed by atoms with Crippen LogP contribution in [0.15, 0.2) is 30.4 Å². The van der Waals surface area contributed by atoms with Crippen molar-refractivity contribution in [1.82, 2.24) is 0 Å². The first-order valence-corrected chi connectivity index (χ1v) is 6.17. The van der Waals surface area contributed by atoms with Crippen molar-refractivity contribution in [2.75, 3.05) is 0 Å². The summed E-state index contributed by atoms with van der Waals surface area (Å²) >= 11 is 0. The van der Waals surface area contributed by atoms with Crippen LogP contribution in [-0.4, -0.2) is 22.2 Å². The summed E-state index contributed by atoms with van der Waals surface area (Å²) in [4.78, 5) is 21.4. The van der Waals surface area contributed by atoms with Crippen LogP contribution in [0.25, 0.3) is 0 Å². The molecule has 2 N–H and O–H groups in total. The van der Waals surface area contributed by atoms with E-state index in [1.54, 1.807) is 19.1 Å². The minimum absolute atomic E-state index is 0.0301. The van der Waals surface area contributed by atoms with Crippen molar-refractivity contribution in [3.05, 3.63) is 35.9 Å². The van der Waals surface area contributed by atoms with Gasteiger partial charge in [0.25, 0.3) is 0 Å². The normalized spacial score (nSPS) is 9.15. The number of hydrogen-bond donors (Lipinski definition) is 2. The number of carbonyl (C=O) groups excluding carboxylic acids is 2. The highest BCUT2D eigenvalue weighted by atomic mass is 16.6. The summed E-state index contributed by atoms with van der Waals surface area (Å²) in [5, 5.41) is 17.8. The van der Waals surface area contributed by atoms with Crippen LogP contribution in [0.1, 0.15) is 32.3 Å². The molecular formula is C15H20O5. The first-order valence-electron chi connectivity index (χ1n) is 6.17. The van der Waals surface area contributed by atoms with E-state index in [1.807, 2.05) is 6.92 Å². The maximum Gasteiger partial charge on any atom is 0.340 e. The number of carbonyl (C=O) groups is 2. The van der Waals surface area contributed by atoms with E-state index in [2.05, 4.69) is 11.3 Å². The van der Waals surface area contributed by atoms with E-state index in [0.29, 0.717) is 12.0 Å². The summed E-state index contributed by atoms with van der Waals surface area (Å²) in [6.07, 6.45) is 0.960. The molecule has 0 aliphatic rings. The molecule has 0 saturated heterocycles. The average molecular weight is 280 g/mol. The van der Waals surface area contributed by atoms with Crippen LogP contribution in [0.5, 0.6) is 11.5 Å². The summed E-state index contributed by atoms with van der Waals surface area (Å²) < 4.78 is 4.37. The molecule has 0 atom stereocenters. The van der Waals surface area contributed by atoms with Gasteiger partial charge < -0.3 is 14.9 Å². The molecule has 1 rings (SSSR count). The second-order valence-corrected chi connectivity index (χ2v) is 4.23. The van der Waals surface area contributed by atoms with Crippen molar-refractivity contribution in [2.24, 2.45) is 0 Å². The highest BCUT2D eigenvalue weighted by molar-refractivity contribution is 5.95. The van der Waals surface area contributed by atoms with Gasteiger partial charge in [-0.25, -0.2) is 4.79 Å². The van der Waals surface area contributed by atoms with Gasteiger partial charge in [0, 0.05) is 12.0 Å². The van der Waals surface area contributed by atoms with E-state index in [0.717, 1.165) is 0 Å². The predicted octanol–water partition coefficient (Wildman–Crippen LogP) is 2.84. The number of aromatic hydroxyl groups is 2. The van der Waals surface area contributed by atoms with Crippen molar-refractivity contribution >= 4 is 11.9 Å². The average Bonchev–Trinajstić information content (AvgIpc) is 2.36. The predicted molar refractivity (Wildman–Crippen MR) is 75.3 cm³/mol. The molecule has 0 aliphatic heterocycles. The molecule has 0 aromatic heterocycles.